The van der Waals surface area contributed by atoms with Crippen molar-refractivity contribution in [3.63, 3.8) is 0 Å². The Kier molecular flexibility index (Phi) is 4.53. The van der Waals surface area contributed by atoms with Crippen LogP contribution in [-0.4, -0.2) is 24.0 Å². The molecule has 0 bridgehead atoms. The Bertz CT molecular complexity index is 967. The Morgan fingerprint density at radius 2 is 2.04 bits per heavy atom. The number of ether oxygens (including phenoxy) is 1. The minimum absolute atomic E-state index is 0.254. The van der Waals surface area contributed by atoms with Crippen molar-refractivity contribution in [1.29, 1.82) is 0 Å². The van der Waals surface area contributed by atoms with Crippen LogP contribution in [0.15, 0.2) is 18.2 Å². The molecule has 124 valence electrons. The maximum atomic E-state index is 13.3. The average Bonchev–Trinajstić information content (AvgIpc) is 3.06. The zero-order valence-electron chi connectivity index (χ0n) is 12.5. The molecule has 5 nitrogen and oxygen atoms in total. The van der Waals surface area contributed by atoms with Crippen LogP contribution in [0.5, 0.6) is 0 Å². The Hall–Kier alpha value is -2.03. The first-order valence-electron chi connectivity index (χ1n) is 6.65. The van der Waals surface area contributed by atoms with E-state index in [4.69, 9.17) is 11.6 Å². The van der Waals surface area contributed by atoms with E-state index in [-0.39, 0.29) is 15.0 Å². The number of amides is 1. The number of thiophene rings is 1. The minimum Gasteiger partial charge on any atom is -0.465 e. The van der Waals surface area contributed by atoms with Crippen molar-refractivity contribution in [2.45, 2.75) is 6.92 Å². The maximum Gasteiger partial charge on any atom is 0.350 e. The summed E-state index contributed by atoms with van der Waals surface area (Å²) in [5.74, 6) is -1.38. The SMILES string of the molecule is COC(=O)c1sc(NC(=O)c2sc3cc(F)ccc3c2Cl)nc1C. The van der Waals surface area contributed by atoms with Gasteiger partial charge in [-0.25, -0.2) is 14.2 Å². The second-order valence-corrected chi connectivity index (χ2v) is 7.19. The first kappa shape index (κ1) is 16.8. The Balaban J connectivity index is 1.90. The molecule has 9 heteroatoms. The van der Waals surface area contributed by atoms with Gasteiger partial charge in [-0.15, -0.1) is 11.3 Å². The van der Waals surface area contributed by atoms with Crippen LogP contribution in [0.2, 0.25) is 5.02 Å². The number of aryl methyl sites for hydroxylation is 1. The van der Waals surface area contributed by atoms with Gasteiger partial charge < -0.3 is 4.74 Å². The van der Waals surface area contributed by atoms with Crippen LogP contribution in [0.3, 0.4) is 0 Å². The van der Waals surface area contributed by atoms with Gasteiger partial charge in [0.2, 0.25) is 0 Å². The summed E-state index contributed by atoms with van der Waals surface area (Å²) in [6.45, 7) is 1.65. The number of nitrogens with zero attached hydrogens (tertiary/aromatic N) is 1. The van der Waals surface area contributed by atoms with Gasteiger partial charge in [0.1, 0.15) is 15.6 Å². The summed E-state index contributed by atoms with van der Waals surface area (Å²) in [5, 5.41) is 3.74. The third-order valence-electron chi connectivity index (χ3n) is 3.19. The average molecular weight is 385 g/mol. The van der Waals surface area contributed by atoms with E-state index >= 15 is 0 Å². The van der Waals surface area contributed by atoms with E-state index in [1.54, 1.807) is 6.92 Å². The van der Waals surface area contributed by atoms with Crippen LogP contribution in [0.1, 0.15) is 25.0 Å². The molecule has 0 radical (unpaired) electrons. The van der Waals surface area contributed by atoms with E-state index in [1.807, 2.05) is 0 Å². The number of aromatic nitrogens is 1. The molecular formula is C15H10ClFN2O3S2. The van der Waals surface area contributed by atoms with Crippen molar-refractivity contribution >= 4 is 61.4 Å². The zero-order valence-corrected chi connectivity index (χ0v) is 14.9. The Morgan fingerprint density at radius 3 is 2.75 bits per heavy atom. The summed E-state index contributed by atoms with van der Waals surface area (Å²) in [6, 6.07) is 4.14. The lowest BCUT2D eigenvalue weighted by atomic mass is 10.2. The largest absolute Gasteiger partial charge is 0.465 e. The first-order valence-corrected chi connectivity index (χ1v) is 8.66. The van der Waals surface area contributed by atoms with Gasteiger partial charge in [-0.3, -0.25) is 10.1 Å². The van der Waals surface area contributed by atoms with Gasteiger partial charge in [0.05, 0.1) is 17.8 Å². The summed E-state index contributed by atoms with van der Waals surface area (Å²) in [7, 11) is 1.27. The molecule has 2 aromatic heterocycles. The molecule has 0 saturated carbocycles. The number of carbonyl (C=O) groups is 2. The number of rotatable bonds is 3. The molecule has 0 unspecified atom stereocenters. The molecular weight excluding hydrogens is 375 g/mol. The molecule has 1 amide bonds. The lowest BCUT2D eigenvalue weighted by molar-refractivity contribution is 0.0605. The lowest BCUT2D eigenvalue weighted by Gasteiger charge is -1.99. The van der Waals surface area contributed by atoms with Crippen molar-refractivity contribution in [2.24, 2.45) is 0 Å². The monoisotopic (exact) mass is 384 g/mol. The second kappa shape index (κ2) is 6.46. The third kappa shape index (κ3) is 3.00. The number of hydrogen-bond donors (Lipinski definition) is 1. The maximum absolute atomic E-state index is 13.3. The van der Waals surface area contributed by atoms with Crippen molar-refractivity contribution in [2.75, 3.05) is 12.4 Å². The number of halogens is 2. The normalized spacial score (nSPS) is 10.8. The highest BCUT2D eigenvalue weighted by Gasteiger charge is 2.21. The summed E-state index contributed by atoms with van der Waals surface area (Å²) in [6.07, 6.45) is 0. The molecule has 1 N–H and O–H groups in total. The van der Waals surface area contributed by atoms with E-state index in [1.165, 1.54) is 25.3 Å². The van der Waals surface area contributed by atoms with Crippen LogP contribution >= 0.6 is 34.3 Å². The van der Waals surface area contributed by atoms with E-state index in [0.717, 1.165) is 22.7 Å². The molecule has 0 spiro atoms. The second-order valence-electron chi connectivity index (χ2n) is 4.76. The zero-order chi connectivity index (χ0) is 17.4. The number of fused-ring (bicyclic) bond motifs is 1. The van der Waals surface area contributed by atoms with Crippen molar-refractivity contribution in [1.82, 2.24) is 4.98 Å². The highest BCUT2D eigenvalue weighted by atomic mass is 35.5. The van der Waals surface area contributed by atoms with Gasteiger partial charge in [0.15, 0.2) is 5.13 Å². The first-order chi connectivity index (χ1) is 11.4. The quantitative estimate of drug-likeness (QED) is 0.675. The lowest BCUT2D eigenvalue weighted by Crippen LogP contribution is -2.10. The summed E-state index contributed by atoms with van der Waals surface area (Å²) >= 11 is 8.32. The highest BCUT2D eigenvalue weighted by Crippen LogP contribution is 2.36. The number of hydrogen-bond acceptors (Lipinski definition) is 6. The van der Waals surface area contributed by atoms with Crippen molar-refractivity contribution < 1.29 is 18.7 Å². The molecule has 0 aliphatic rings. The van der Waals surface area contributed by atoms with Gasteiger partial charge in [-0.05, 0) is 25.1 Å². The topological polar surface area (TPSA) is 68.3 Å². The van der Waals surface area contributed by atoms with E-state index in [9.17, 15) is 14.0 Å². The predicted molar refractivity (Wildman–Crippen MR) is 92.9 cm³/mol. The molecule has 0 aliphatic heterocycles. The predicted octanol–water partition coefficient (Wildman–Crippen LogP) is 4.50. The molecule has 3 rings (SSSR count). The van der Waals surface area contributed by atoms with Gasteiger partial charge in [0.25, 0.3) is 5.91 Å². The summed E-state index contributed by atoms with van der Waals surface area (Å²) < 4.78 is 18.5. The summed E-state index contributed by atoms with van der Waals surface area (Å²) in [4.78, 5) is 28.7. The van der Waals surface area contributed by atoms with E-state index < -0.39 is 17.7 Å². The molecule has 0 saturated heterocycles. The molecule has 24 heavy (non-hydrogen) atoms. The van der Waals surface area contributed by atoms with Gasteiger partial charge in [-0.2, -0.15) is 0 Å². The van der Waals surface area contributed by atoms with Gasteiger partial charge >= 0.3 is 5.97 Å². The van der Waals surface area contributed by atoms with Crippen LogP contribution < -0.4 is 5.32 Å². The number of esters is 1. The number of anilines is 1. The molecule has 1 aromatic carbocycles. The minimum atomic E-state index is -0.513. The fourth-order valence-corrected chi connectivity index (χ4v) is 4.39. The fraction of sp³-hybridized carbons (Fsp3) is 0.133. The van der Waals surface area contributed by atoms with E-state index in [2.05, 4.69) is 15.0 Å². The van der Waals surface area contributed by atoms with Crippen molar-refractivity contribution in [3.05, 3.63) is 44.5 Å². The number of carbonyl (C=O) groups excluding carboxylic acids is 2. The molecule has 2 heterocycles. The molecule has 0 atom stereocenters. The number of methoxy groups -OCH3 is 1. The van der Waals surface area contributed by atoms with E-state index in [0.29, 0.717) is 20.7 Å². The van der Waals surface area contributed by atoms with Gasteiger partial charge in [-0.1, -0.05) is 22.9 Å². The number of nitrogens with one attached hydrogen (secondary N) is 1. The Labute approximate surface area is 149 Å². The smallest absolute Gasteiger partial charge is 0.350 e. The van der Waals surface area contributed by atoms with Crippen LogP contribution in [0.4, 0.5) is 9.52 Å². The Morgan fingerprint density at radius 1 is 1.29 bits per heavy atom. The highest BCUT2D eigenvalue weighted by molar-refractivity contribution is 7.22. The van der Waals surface area contributed by atoms with Crippen LogP contribution in [-0.2, 0) is 4.74 Å². The fourth-order valence-electron chi connectivity index (χ4n) is 2.07. The van der Waals surface area contributed by atoms with Crippen LogP contribution in [0, 0.1) is 12.7 Å². The molecule has 3 aromatic rings. The molecule has 0 fully saturated rings. The van der Waals surface area contributed by atoms with Gasteiger partial charge in [0, 0.05) is 10.1 Å². The summed E-state index contributed by atoms with van der Waals surface area (Å²) in [5.41, 5.74) is 0.464. The van der Waals surface area contributed by atoms with Crippen molar-refractivity contribution in [3.8, 4) is 0 Å². The third-order valence-corrected chi connectivity index (χ3v) is 5.89. The van der Waals surface area contributed by atoms with Crippen LogP contribution in [0.25, 0.3) is 10.1 Å². The number of thiazole rings is 1. The standard InChI is InChI=1S/C15H10ClFN2O3S2/c1-6-11(14(21)22-2)24-15(18-6)19-13(20)12-10(16)8-4-3-7(17)5-9(8)23-12/h3-5H,1-2H3,(H,18,19,20). The number of benzene rings is 1. The molecule has 0 aliphatic carbocycles.